The molecule has 0 spiro atoms. The molecule has 2 N–H and O–H groups in total. The Morgan fingerprint density at radius 3 is 2.56 bits per heavy atom. The number of rotatable bonds is 9. The zero-order valence-corrected chi connectivity index (χ0v) is 19.2. The van der Waals surface area contributed by atoms with E-state index in [0.717, 1.165) is 32.5 Å². The van der Waals surface area contributed by atoms with E-state index in [1.165, 1.54) is 16.3 Å². The Balaban J connectivity index is 1.51. The predicted octanol–water partition coefficient (Wildman–Crippen LogP) is 1.27. The summed E-state index contributed by atoms with van der Waals surface area (Å²) >= 11 is 0. The Kier molecular flexibility index (Phi) is 8.80. The average Bonchev–Trinajstić information content (AvgIpc) is 2.80. The molecule has 32 heavy (non-hydrogen) atoms. The summed E-state index contributed by atoms with van der Waals surface area (Å²) in [5, 5.41) is 7.58. The van der Waals surface area contributed by atoms with Gasteiger partial charge in [-0.2, -0.15) is 0 Å². The van der Waals surface area contributed by atoms with Gasteiger partial charge in [0.05, 0.1) is 30.6 Å². The summed E-state index contributed by atoms with van der Waals surface area (Å²) in [6.45, 7) is 2.59. The summed E-state index contributed by atoms with van der Waals surface area (Å²) < 4.78 is 14.0. The van der Waals surface area contributed by atoms with Crippen LogP contribution in [0, 0.1) is 12.3 Å². The first kappa shape index (κ1) is 23.9. The quantitative estimate of drug-likeness (QED) is 0.559. The van der Waals surface area contributed by atoms with Gasteiger partial charge < -0.3 is 10.6 Å². The third-order valence-corrected chi connectivity index (χ3v) is 6.79. The Bertz CT molecular complexity index is 1010. The van der Waals surface area contributed by atoms with E-state index in [1.807, 2.05) is 0 Å². The van der Waals surface area contributed by atoms with Crippen molar-refractivity contribution in [2.75, 3.05) is 39.0 Å². The highest BCUT2D eigenvalue weighted by molar-refractivity contribution is 7.81. The van der Waals surface area contributed by atoms with Crippen molar-refractivity contribution in [2.24, 2.45) is 0 Å². The molecule has 2 aromatic rings. The van der Waals surface area contributed by atoms with E-state index < -0.39 is 11.0 Å². The lowest BCUT2D eigenvalue weighted by Crippen LogP contribution is -2.49. The SMILES string of the molecule is C#CCNC(=O)CNC(=O)CN(C1CCN(Cc2cccc3ccccc23)CC1)S(C)=O. The first-order valence-corrected chi connectivity index (χ1v) is 12.3. The molecule has 1 atom stereocenters. The van der Waals surface area contributed by atoms with E-state index >= 15 is 0 Å². The van der Waals surface area contributed by atoms with Crippen LogP contribution in [0.2, 0.25) is 0 Å². The first-order valence-electron chi connectivity index (χ1n) is 10.7. The fourth-order valence-corrected chi connectivity index (χ4v) is 4.98. The third kappa shape index (κ3) is 6.63. The second-order valence-corrected chi connectivity index (χ2v) is 9.22. The maximum atomic E-state index is 12.3. The number of carbonyl (C=O) groups is 2. The van der Waals surface area contributed by atoms with Gasteiger partial charge in [0.1, 0.15) is 0 Å². The summed E-state index contributed by atoms with van der Waals surface area (Å²) in [5.74, 6) is 1.64. The van der Waals surface area contributed by atoms with Crippen LogP contribution in [0.15, 0.2) is 42.5 Å². The molecule has 0 aromatic heterocycles. The lowest BCUT2D eigenvalue weighted by molar-refractivity contribution is -0.126. The Labute approximate surface area is 192 Å². The fraction of sp³-hybridized carbons (Fsp3) is 0.417. The van der Waals surface area contributed by atoms with Crippen LogP contribution in [0.5, 0.6) is 0 Å². The smallest absolute Gasteiger partial charge is 0.240 e. The Morgan fingerprint density at radius 2 is 1.84 bits per heavy atom. The number of likely N-dealkylation sites (tertiary alicyclic amines) is 1. The molecular weight excluding hydrogens is 424 g/mol. The van der Waals surface area contributed by atoms with Crippen molar-refractivity contribution in [1.82, 2.24) is 19.8 Å². The van der Waals surface area contributed by atoms with E-state index in [9.17, 15) is 13.8 Å². The molecule has 1 aliphatic heterocycles. The zero-order valence-electron chi connectivity index (χ0n) is 18.4. The van der Waals surface area contributed by atoms with E-state index in [-0.39, 0.29) is 37.5 Å². The molecule has 2 aromatic carbocycles. The number of fused-ring (bicyclic) bond motifs is 1. The summed E-state index contributed by atoms with van der Waals surface area (Å²) in [6.07, 6.45) is 8.36. The molecule has 0 bridgehead atoms. The number of hydrogen-bond donors (Lipinski definition) is 2. The summed E-state index contributed by atoms with van der Waals surface area (Å²) in [7, 11) is -1.28. The number of piperidine rings is 1. The Hall–Kier alpha value is -2.73. The molecule has 0 aliphatic carbocycles. The molecule has 0 radical (unpaired) electrons. The van der Waals surface area contributed by atoms with Crippen LogP contribution in [-0.4, -0.2) is 70.2 Å². The molecule has 0 saturated carbocycles. The van der Waals surface area contributed by atoms with Crippen LogP contribution in [-0.2, 0) is 27.1 Å². The topological polar surface area (TPSA) is 81.8 Å². The molecule has 3 rings (SSSR count). The number of terminal acetylenes is 1. The number of amides is 2. The number of benzene rings is 2. The average molecular weight is 455 g/mol. The molecule has 170 valence electrons. The summed E-state index contributed by atoms with van der Waals surface area (Å²) in [6, 6.07) is 14.9. The van der Waals surface area contributed by atoms with Gasteiger partial charge in [0.2, 0.25) is 11.8 Å². The second-order valence-electron chi connectivity index (χ2n) is 7.90. The van der Waals surface area contributed by atoms with Gasteiger partial charge >= 0.3 is 0 Å². The Morgan fingerprint density at radius 1 is 1.12 bits per heavy atom. The van der Waals surface area contributed by atoms with Gasteiger partial charge in [-0.3, -0.25) is 14.5 Å². The molecule has 1 aliphatic rings. The van der Waals surface area contributed by atoms with E-state index in [1.54, 1.807) is 10.6 Å². The molecular formula is C24H30N4O3S. The molecule has 1 saturated heterocycles. The van der Waals surface area contributed by atoms with Gasteiger partial charge in [-0.1, -0.05) is 48.4 Å². The van der Waals surface area contributed by atoms with Gasteiger partial charge in [0, 0.05) is 31.9 Å². The maximum absolute atomic E-state index is 12.3. The van der Waals surface area contributed by atoms with Crippen LogP contribution in [0.1, 0.15) is 18.4 Å². The van der Waals surface area contributed by atoms with Crippen molar-refractivity contribution in [3.8, 4) is 12.3 Å². The number of carbonyl (C=O) groups excluding carboxylic acids is 2. The van der Waals surface area contributed by atoms with Gasteiger partial charge in [0.25, 0.3) is 0 Å². The zero-order chi connectivity index (χ0) is 22.9. The van der Waals surface area contributed by atoms with Crippen molar-refractivity contribution < 1.29 is 13.8 Å². The van der Waals surface area contributed by atoms with E-state index in [4.69, 9.17) is 6.42 Å². The minimum absolute atomic E-state index is 0.000477. The van der Waals surface area contributed by atoms with Crippen molar-refractivity contribution >= 4 is 33.6 Å². The molecule has 8 heteroatoms. The van der Waals surface area contributed by atoms with E-state index in [2.05, 4.69) is 63.9 Å². The largest absolute Gasteiger partial charge is 0.346 e. The minimum Gasteiger partial charge on any atom is -0.346 e. The van der Waals surface area contributed by atoms with Crippen molar-refractivity contribution in [3.05, 3.63) is 48.0 Å². The highest BCUT2D eigenvalue weighted by atomic mass is 32.2. The summed E-state index contributed by atoms with van der Waals surface area (Å²) in [5.41, 5.74) is 1.31. The highest BCUT2D eigenvalue weighted by Crippen LogP contribution is 2.23. The number of hydrogen-bond acceptors (Lipinski definition) is 4. The van der Waals surface area contributed by atoms with E-state index in [0.29, 0.717) is 0 Å². The van der Waals surface area contributed by atoms with Gasteiger partial charge in [-0.15, -0.1) is 6.42 Å². The van der Waals surface area contributed by atoms with Crippen molar-refractivity contribution in [2.45, 2.75) is 25.4 Å². The molecule has 1 fully saturated rings. The third-order valence-electron chi connectivity index (χ3n) is 5.70. The lowest BCUT2D eigenvalue weighted by Gasteiger charge is -2.37. The van der Waals surface area contributed by atoms with Crippen LogP contribution in [0.4, 0.5) is 0 Å². The first-order chi connectivity index (χ1) is 15.5. The van der Waals surface area contributed by atoms with Gasteiger partial charge in [0.15, 0.2) is 0 Å². The monoisotopic (exact) mass is 454 g/mol. The van der Waals surface area contributed by atoms with Crippen LogP contribution in [0.25, 0.3) is 10.8 Å². The fourth-order valence-electron chi connectivity index (χ4n) is 4.06. The molecule has 2 amide bonds. The van der Waals surface area contributed by atoms with Crippen LogP contribution in [0.3, 0.4) is 0 Å². The molecule has 7 nitrogen and oxygen atoms in total. The van der Waals surface area contributed by atoms with Gasteiger partial charge in [-0.25, -0.2) is 8.51 Å². The normalized spacial score (nSPS) is 15.9. The maximum Gasteiger partial charge on any atom is 0.240 e. The van der Waals surface area contributed by atoms with Crippen LogP contribution < -0.4 is 10.6 Å². The summed E-state index contributed by atoms with van der Waals surface area (Å²) in [4.78, 5) is 26.3. The number of nitrogens with one attached hydrogen (secondary N) is 2. The number of nitrogens with zero attached hydrogens (tertiary/aromatic N) is 2. The molecule has 1 unspecified atom stereocenters. The lowest BCUT2D eigenvalue weighted by atomic mass is 10.0. The molecule has 1 heterocycles. The predicted molar refractivity (Wildman–Crippen MR) is 128 cm³/mol. The second kappa shape index (κ2) is 11.8. The van der Waals surface area contributed by atoms with Crippen molar-refractivity contribution in [1.29, 1.82) is 0 Å². The van der Waals surface area contributed by atoms with Crippen LogP contribution >= 0.6 is 0 Å². The van der Waals surface area contributed by atoms with Crippen molar-refractivity contribution in [3.63, 3.8) is 0 Å². The standard InChI is InChI=1S/C24H30N4O3S/c1-3-13-25-23(29)16-26-24(30)18-28(32(2)31)21-11-14-27(15-12-21)17-20-9-6-8-19-7-4-5-10-22(19)20/h1,4-10,21H,11-18H2,2H3,(H,25,29)(H,26,30). The van der Waals surface area contributed by atoms with Gasteiger partial charge in [-0.05, 0) is 29.2 Å². The minimum atomic E-state index is -1.28. The highest BCUT2D eigenvalue weighted by Gasteiger charge is 2.28.